The number of ether oxygens (including phenoxy) is 1. The van der Waals surface area contributed by atoms with Crippen molar-refractivity contribution in [3.63, 3.8) is 0 Å². The zero-order chi connectivity index (χ0) is 19.7. The van der Waals surface area contributed by atoms with Crippen LogP contribution >= 0.6 is 0 Å². The molecule has 2 aromatic carbocycles. The van der Waals surface area contributed by atoms with Gasteiger partial charge in [-0.1, -0.05) is 12.1 Å². The first kappa shape index (κ1) is 18.3. The van der Waals surface area contributed by atoms with E-state index in [-0.39, 0.29) is 10.9 Å². The first-order valence-corrected chi connectivity index (χ1v) is 9.00. The van der Waals surface area contributed by atoms with Gasteiger partial charge in [0, 0.05) is 36.9 Å². The van der Waals surface area contributed by atoms with Gasteiger partial charge in [0.25, 0.3) is 0 Å². The van der Waals surface area contributed by atoms with Gasteiger partial charge in [0.2, 0.25) is 5.43 Å². The van der Waals surface area contributed by atoms with Crippen LogP contribution in [0.3, 0.4) is 0 Å². The molecule has 0 spiro atoms. The van der Waals surface area contributed by atoms with Gasteiger partial charge in [0.15, 0.2) is 0 Å². The predicted octanol–water partition coefficient (Wildman–Crippen LogP) is 2.66. The number of carboxylic acid groups (broad SMARTS) is 1. The minimum absolute atomic E-state index is 0.165. The smallest absolute Gasteiger partial charge is 0.341 e. The van der Waals surface area contributed by atoms with E-state index in [1.54, 1.807) is 4.57 Å². The number of hydrogen-bond acceptors (Lipinski definition) is 4. The highest BCUT2D eigenvalue weighted by molar-refractivity contribution is 5.93. The summed E-state index contributed by atoms with van der Waals surface area (Å²) in [7, 11) is 0. The molecule has 0 aliphatic carbocycles. The van der Waals surface area contributed by atoms with Crippen molar-refractivity contribution < 1.29 is 19.0 Å². The summed E-state index contributed by atoms with van der Waals surface area (Å²) < 4.78 is 20.7. The summed E-state index contributed by atoms with van der Waals surface area (Å²) in [5.74, 6) is -1.80. The quantitative estimate of drug-likeness (QED) is 0.751. The summed E-state index contributed by atoms with van der Waals surface area (Å²) in [6.45, 7) is 4.01. The largest absolute Gasteiger partial charge is 0.477 e. The van der Waals surface area contributed by atoms with Gasteiger partial charge >= 0.3 is 5.97 Å². The summed E-state index contributed by atoms with van der Waals surface area (Å²) in [6, 6.07) is 11.3. The Morgan fingerprint density at radius 2 is 1.82 bits per heavy atom. The van der Waals surface area contributed by atoms with Gasteiger partial charge in [-0.3, -0.25) is 9.69 Å². The van der Waals surface area contributed by atoms with E-state index < -0.39 is 17.2 Å². The molecule has 0 radical (unpaired) electrons. The first-order valence-electron chi connectivity index (χ1n) is 9.00. The fourth-order valence-corrected chi connectivity index (χ4v) is 3.44. The lowest BCUT2D eigenvalue weighted by Crippen LogP contribution is -2.35. The Morgan fingerprint density at radius 3 is 2.50 bits per heavy atom. The fraction of sp³-hybridized carbons (Fsp3) is 0.238. The number of rotatable bonds is 4. The SMILES string of the molecule is O=C(O)c1cn(-c2ccc(CN3CCOCC3)cc2)c2cc(F)ccc2c1=O. The molecule has 144 valence electrons. The van der Waals surface area contributed by atoms with Crippen LogP contribution in [0.2, 0.25) is 0 Å². The lowest BCUT2D eigenvalue weighted by atomic mass is 10.1. The molecule has 0 saturated carbocycles. The Bertz CT molecular complexity index is 1090. The van der Waals surface area contributed by atoms with Crippen molar-refractivity contribution in [2.24, 2.45) is 0 Å². The molecule has 1 aromatic heterocycles. The molecule has 1 fully saturated rings. The maximum absolute atomic E-state index is 13.8. The van der Waals surface area contributed by atoms with Crippen molar-refractivity contribution in [2.75, 3.05) is 26.3 Å². The predicted molar refractivity (Wildman–Crippen MR) is 103 cm³/mol. The van der Waals surface area contributed by atoms with Crippen molar-refractivity contribution in [1.82, 2.24) is 9.47 Å². The summed E-state index contributed by atoms with van der Waals surface area (Å²) in [5, 5.41) is 9.54. The zero-order valence-electron chi connectivity index (χ0n) is 15.1. The lowest BCUT2D eigenvalue weighted by molar-refractivity contribution is 0.0342. The average molecular weight is 382 g/mol. The molecule has 3 aromatic rings. The maximum atomic E-state index is 13.8. The summed E-state index contributed by atoms with van der Waals surface area (Å²) >= 11 is 0. The summed E-state index contributed by atoms with van der Waals surface area (Å²) in [4.78, 5) is 26.2. The first-order chi connectivity index (χ1) is 13.5. The van der Waals surface area contributed by atoms with E-state index in [4.69, 9.17) is 4.74 Å². The number of benzene rings is 2. The second kappa shape index (κ2) is 7.53. The number of carboxylic acids is 1. The Labute approximate surface area is 160 Å². The topological polar surface area (TPSA) is 71.8 Å². The minimum atomic E-state index is -1.31. The molecule has 4 rings (SSSR count). The third kappa shape index (κ3) is 3.54. The van der Waals surface area contributed by atoms with Gasteiger partial charge in [-0.2, -0.15) is 0 Å². The number of hydrogen-bond donors (Lipinski definition) is 1. The van der Waals surface area contributed by atoms with E-state index in [1.165, 1.54) is 18.3 Å². The minimum Gasteiger partial charge on any atom is -0.477 e. The lowest BCUT2D eigenvalue weighted by Gasteiger charge is -2.26. The zero-order valence-corrected chi connectivity index (χ0v) is 15.1. The number of fused-ring (bicyclic) bond motifs is 1. The Balaban J connectivity index is 1.75. The number of morpholine rings is 1. The molecule has 1 saturated heterocycles. The van der Waals surface area contributed by atoms with Gasteiger partial charge in [-0.25, -0.2) is 9.18 Å². The molecule has 0 atom stereocenters. The van der Waals surface area contributed by atoms with Crippen LogP contribution in [-0.4, -0.2) is 46.8 Å². The van der Waals surface area contributed by atoms with Crippen molar-refractivity contribution in [2.45, 2.75) is 6.54 Å². The third-order valence-electron chi connectivity index (χ3n) is 4.92. The van der Waals surface area contributed by atoms with Crippen molar-refractivity contribution in [1.29, 1.82) is 0 Å². The number of pyridine rings is 1. The Kier molecular flexibility index (Phi) is 4.93. The van der Waals surface area contributed by atoms with E-state index in [2.05, 4.69) is 4.90 Å². The van der Waals surface area contributed by atoms with E-state index in [0.717, 1.165) is 44.5 Å². The molecule has 1 N–H and O–H groups in total. The van der Waals surface area contributed by atoms with Crippen LogP contribution in [0.25, 0.3) is 16.6 Å². The highest BCUT2D eigenvalue weighted by Gasteiger charge is 2.16. The summed E-state index contributed by atoms with van der Waals surface area (Å²) in [6.07, 6.45) is 1.25. The van der Waals surface area contributed by atoms with Crippen LogP contribution in [0, 0.1) is 5.82 Å². The van der Waals surface area contributed by atoms with Gasteiger partial charge in [-0.15, -0.1) is 0 Å². The molecule has 1 aliphatic heterocycles. The molecule has 28 heavy (non-hydrogen) atoms. The molecule has 7 heteroatoms. The van der Waals surface area contributed by atoms with Crippen molar-refractivity contribution in [3.8, 4) is 5.69 Å². The van der Waals surface area contributed by atoms with E-state index >= 15 is 0 Å². The van der Waals surface area contributed by atoms with Gasteiger partial charge in [0.05, 0.1) is 18.7 Å². The highest BCUT2D eigenvalue weighted by atomic mass is 19.1. The standard InChI is InChI=1S/C21H19FN2O4/c22-15-3-6-17-19(11-15)24(13-18(20(17)25)21(26)27)16-4-1-14(2-5-16)12-23-7-9-28-10-8-23/h1-6,11,13H,7-10,12H2,(H,26,27). The molecule has 0 unspecified atom stereocenters. The third-order valence-corrected chi connectivity index (χ3v) is 4.92. The second-order valence-corrected chi connectivity index (χ2v) is 6.76. The van der Waals surface area contributed by atoms with Crippen LogP contribution in [0.5, 0.6) is 0 Å². The normalized spacial score (nSPS) is 15.0. The van der Waals surface area contributed by atoms with Gasteiger partial charge in [0.1, 0.15) is 11.4 Å². The van der Waals surface area contributed by atoms with Crippen molar-refractivity contribution in [3.05, 3.63) is 75.8 Å². The maximum Gasteiger partial charge on any atom is 0.341 e. The van der Waals surface area contributed by atoms with Gasteiger partial charge < -0.3 is 14.4 Å². The number of aromatic nitrogens is 1. The van der Waals surface area contributed by atoms with E-state index in [9.17, 15) is 19.1 Å². The Hall–Kier alpha value is -3.03. The van der Waals surface area contributed by atoms with Crippen LogP contribution < -0.4 is 5.43 Å². The Morgan fingerprint density at radius 1 is 1.11 bits per heavy atom. The number of carbonyl (C=O) groups is 1. The monoisotopic (exact) mass is 382 g/mol. The number of nitrogens with zero attached hydrogens (tertiary/aromatic N) is 2. The highest BCUT2D eigenvalue weighted by Crippen LogP contribution is 2.20. The molecule has 1 aliphatic rings. The molecule has 6 nitrogen and oxygen atoms in total. The number of aromatic carboxylic acids is 1. The average Bonchev–Trinajstić information content (AvgIpc) is 2.69. The fourth-order valence-electron chi connectivity index (χ4n) is 3.44. The van der Waals surface area contributed by atoms with E-state index in [0.29, 0.717) is 11.2 Å². The molecule has 0 bridgehead atoms. The van der Waals surface area contributed by atoms with Crippen LogP contribution in [0.1, 0.15) is 15.9 Å². The van der Waals surface area contributed by atoms with Gasteiger partial charge in [-0.05, 0) is 35.9 Å². The van der Waals surface area contributed by atoms with E-state index in [1.807, 2.05) is 24.3 Å². The van der Waals surface area contributed by atoms with Crippen LogP contribution in [-0.2, 0) is 11.3 Å². The van der Waals surface area contributed by atoms with Crippen LogP contribution in [0.15, 0.2) is 53.5 Å². The molecule has 2 heterocycles. The van der Waals surface area contributed by atoms with Crippen molar-refractivity contribution >= 4 is 16.9 Å². The molecular weight excluding hydrogens is 363 g/mol. The second-order valence-electron chi connectivity index (χ2n) is 6.76. The molecule has 0 amide bonds. The summed E-state index contributed by atoms with van der Waals surface area (Å²) in [5.41, 5.74) is 1.12. The number of halogens is 1. The van der Waals surface area contributed by atoms with Crippen LogP contribution in [0.4, 0.5) is 4.39 Å². The molecular formula is C21H19FN2O4.